The van der Waals surface area contributed by atoms with Gasteiger partial charge in [-0.2, -0.15) is 0 Å². The lowest BCUT2D eigenvalue weighted by molar-refractivity contribution is 0.669. The summed E-state index contributed by atoms with van der Waals surface area (Å²) < 4.78 is 6.66. The second-order valence-corrected chi connectivity index (χ2v) is 14.8. The molecule has 0 bridgehead atoms. The van der Waals surface area contributed by atoms with Gasteiger partial charge in [0.15, 0.2) is 17.5 Å². The highest BCUT2D eigenvalue weighted by Crippen LogP contribution is 2.41. The first kappa shape index (κ1) is 34.3. The van der Waals surface area contributed by atoms with Crippen LogP contribution in [0.15, 0.2) is 217 Å². The molecular formula is C55H35N3O. The number of hydrogen-bond acceptors (Lipinski definition) is 4. The van der Waals surface area contributed by atoms with Crippen LogP contribution < -0.4 is 0 Å². The number of aromatic nitrogens is 3. The van der Waals surface area contributed by atoms with Gasteiger partial charge in [0.05, 0.1) is 0 Å². The molecule has 276 valence electrons. The standard InChI is InChI=1S/C55H35N3O/c1-4-14-36(15-5-1)45-32-46(37-16-6-2-7-17-37)34-47(33-45)48-24-13-25-50-52(48)49-29-28-44(35-51(49)59-50)55-57-53(39-19-8-3-9-20-39)56-54(58-55)43-23-12-22-41(31-43)42-27-26-38-18-10-11-21-40(38)30-42/h1-35H. The number of hydrogen-bond donors (Lipinski definition) is 0. The van der Waals surface area contributed by atoms with Gasteiger partial charge >= 0.3 is 0 Å². The highest BCUT2D eigenvalue weighted by molar-refractivity contribution is 6.13. The molecule has 59 heavy (non-hydrogen) atoms. The van der Waals surface area contributed by atoms with Gasteiger partial charge in [-0.3, -0.25) is 0 Å². The summed E-state index contributed by atoms with van der Waals surface area (Å²) in [6, 6.07) is 74.2. The summed E-state index contributed by atoms with van der Waals surface area (Å²) >= 11 is 0. The molecule has 0 aliphatic carbocycles. The quantitative estimate of drug-likeness (QED) is 0.163. The lowest BCUT2D eigenvalue weighted by Gasteiger charge is -2.12. The lowest BCUT2D eigenvalue weighted by atomic mass is 9.91. The van der Waals surface area contributed by atoms with Crippen molar-refractivity contribution >= 4 is 32.7 Å². The third kappa shape index (κ3) is 6.53. The van der Waals surface area contributed by atoms with Crippen molar-refractivity contribution in [3.8, 4) is 78.7 Å². The number of furan rings is 1. The van der Waals surface area contributed by atoms with Gasteiger partial charge in [-0.15, -0.1) is 0 Å². The minimum absolute atomic E-state index is 0.579. The van der Waals surface area contributed by atoms with Gasteiger partial charge in [0, 0.05) is 27.5 Å². The summed E-state index contributed by atoms with van der Waals surface area (Å²) in [5, 5.41) is 4.53. The summed E-state index contributed by atoms with van der Waals surface area (Å²) in [5.41, 5.74) is 13.4. The summed E-state index contributed by atoms with van der Waals surface area (Å²) in [7, 11) is 0. The van der Waals surface area contributed by atoms with E-state index in [-0.39, 0.29) is 0 Å². The van der Waals surface area contributed by atoms with Gasteiger partial charge in [0.25, 0.3) is 0 Å². The molecule has 0 N–H and O–H groups in total. The molecule has 4 heteroatoms. The molecular weight excluding hydrogens is 719 g/mol. The molecule has 0 radical (unpaired) electrons. The van der Waals surface area contributed by atoms with Crippen molar-refractivity contribution in [1.82, 2.24) is 15.0 Å². The molecule has 0 aliphatic heterocycles. The molecule has 0 saturated heterocycles. The zero-order chi connectivity index (χ0) is 39.1. The van der Waals surface area contributed by atoms with Crippen molar-refractivity contribution in [3.05, 3.63) is 212 Å². The molecule has 9 aromatic carbocycles. The van der Waals surface area contributed by atoms with E-state index in [0.29, 0.717) is 17.5 Å². The number of benzene rings is 9. The van der Waals surface area contributed by atoms with Crippen LogP contribution in [0.5, 0.6) is 0 Å². The monoisotopic (exact) mass is 753 g/mol. The molecule has 0 unspecified atom stereocenters. The second kappa shape index (κ2) is 14.5. The molecule has 0 spiro atoms. The Bertz CT molecular complexity index is 3260. The minimum Gasteiger partial charge on any atom is -0.456 e. The molecule has 11 aromatic rings. The minimum atomic E-state index is 0.579. The molecule has 11 rings (SSSR count). The molecule has 0 fully saturated rings. The molecule has 0 amide bonds. The summed E-state index contributed by atoms with van der Waals surface area (Å²) in [4.78, 5) is 15.2. The third-order valence-electron chi connectivity index (χ3n) is 11.1. The van der Waals surface area contributed by atoms with E-state index in [1.807, 2.05) is 30.3 Å². The number of fused-ring (bicyclic) bond motifs is 4. The topological polar surface area (TPSA) is 51.8 Å². The zero-order valence-electron chi connectivity index (χ0n) is 32.0. The van der Waals surface area contributed by atoms with E-state index in [0.717, 1.165) is 72.0 Å². The normalized spacial score (nSPS) is 11.4. The number of nitrogens with zero attached hydrogens (tertiary/aromatic N) is 3. The highest BCUT2D eigenvalue weighted by atomic mass is 16.3. The van der Waals surface area contributed by atoms with E-state index in [1.165, 1.54) is 21.9 Å². The van der Waals surface area contributed by atoms with Gasteiger partial charge < -0.3 is 4.42 Å². The Balaban J connectivity index is 1.03. The van der Waals surface area contributed by atoms with Gasteiger partial charge in [0.1, 0.15) is 11.2 Å². The zero-order valence-corrected chi connectivity index (χ0v) is 32.0. The Morgan fingerprint density at radius 2 is 0.763 bits per heavy atom. The largest absolute Gasteiger partial charge is 0.456 e. The first-order valence-corrected chi connectivity index (χ1v) is 19.8. The van der Waals surface area contributed by atoms with Gasteiger partial charge in [-0.1, -0.05) is 164 Å². The first-order valence-electron chi connectivity index (χ1n) is 19.8. The maximum absolute atomic E-state index is 6.66. The van der Waals surface area contributed by atoms with Gasteiger partial charge in [0.2, 0.25) is 0 Å². The van der Waals surface area contributed by atoms with E-state index < -0.39 is 0 Å². The average molecular weight is 754 g/mol. The fourth-order valence-electron chi connectivity index (χ4n) is 8.14. The Morgan fingerprint density at radius 3 is 1.46 bits per heavy atom. The van der Waals surface area contributed by atoms with Crippen molar-refractivity contribution in [2.45, 2.75) is 0 Å². The van der Waals surface area contributed by atoms with Crippen molar-refractivity contribution in [1.29, 1.82) is 0 Å². The fourth-order valence-corrected chi connectivity index (χ4v) is 8.14. The van der Waals surface area contributed by atoms with E-state index >= 15 is 0 Å². The van der Waals surface area contributed by atoms with Crippen LogP contribution >= 0.6 is 0 Å². The molecule has 2 aromatic heterocycles. The van der Waals surface area contributed by atoms with Crippen LogP contribution in [0.4, 0.5) is 0 Å². The third-order valence-corrected chi connectivity index (χ3v) is 11.1. The van der Waals surface area contributed by atoms with Crippen molar-refractivity contribution in [2.75, 3.05) is 0 Å². The first-order chi connectivity index (χ1) is 29.2. The average Bonchev–Trinajstić information content (AvgIpc) is 3.70. The van der Waals surface area contributed by atoms with Crippen LogP contribution in [0.2, 0.25) is 0 Å². The van der Waals surface area contributed by atoms with Gasteiger partial charge in [-0.25, -0.2) is 15.0 Å². The van der Waals surface area contributed by atoms with E-state index in [2.05, 4.69) is 182 Å². The van der Waals surface area contributed by atoms with Crippen LogP contribution in [0.3, 0.4) is 0 Å². The summed E-state index contributed by atoms with van der Waals surface area (Å²) in [6.45, 7) is 0. The van der Waals surface area contributed by atoms with Crippen molar-refractivity contribution in [2.24, 2.45) is 0 Å². The van der Waals surface area contributed by atoms with E-state index in [1.54, 1.807) is 0 Å². The van der Waals surface area contributed by atoms with Gasteiger partial charge in [-0.05, 0) is 104 Å². The predicted molar refractivity (Wildman–Crippen MR) is 243 cm³/mol. The fraction of sp³-hybridized carbons (Fsp3) is 0. The van der Waals surface area contributed by atoms with Crippen molar-refractivity contribution < 1.29 is 4.42 Å². The molecule has 0 atom stereocenters. The molecule has 0 saturated carbocycles. The summed E-state index contributed by atoms with van der Waals surface area (Å²) in [5.74, 6) is 1.80. The van der Waals surface area contributed by atoms with E-state index in [4.69, 9.17) is 19.4 Å². The Hall–Kier alpha value is -7.95. The van der Waals surface area contributed by atoms with Crippen molar-refractivity contribution in [3.63, 3.8) is 0 Å². The maximum Gasteiger partial charge on any atom is 0.164 e. The molecule has 2 heterocycles. The van der Waals surface area contributed by atoms with Crippen LogP contribution in [0.25, 0.3) is 111 Å². The predicted octanol–water partition coefficient (Wildman–Crippen LogP) is 14.6. The smallest absolute Gasteiger partial charge is 0.164 e. The van der Waals surface area contributed by atoms with Crippen LogP contribution in [0.1, 0.15) is 0 Å². The SMILES string of the molecule is c1ccc(-c2cc(-c3ccccc3)cc(-c3cccc4oc5cc(-c6nc(-c7ccccc7)nc(-c7cccc(-c8ccc9ccccc9c8)c7)n6)ccc5c34)c2)cc1. The Labute approximate surface area is 341 Å². The summed E-state index contributed by atoms with van der Waals surface area (Å²) in [6.07, 6.45) is 0. The maximum atomic E-state index is 6.66. The Kier molecular flexibility index (Phi) is 8.45. The molecule has 0 aliphatic rings. The highest BCUT2D eigenvalue weighted by Gasteiger charge is 2.18. The van der Waals surface area contributed by atoms with E-state index in [9.17, 15) is 0 Å². The van der Waals surface area contributed by atoms with Crippen LogP contribution in [0, 0.1) is 0 Å². The van der Waals surface area contributed by atoms with Crippen LogP contribution in [-0.2, 0) is 0 Å². The number of rotatable bonds is 7. The Morgan fingerprint density at radius 1 is 0.271 bits per heavy atom. The van der Waals surface area contributed by atoms with Crippen LogP contribution in [-0.4, -0.2) is 15.0 Å². The lowest BCUT2D eigenvalue weighted by Crippen LogP contribution is -2.00. The second-order valence-electron chi connectivity index (χ2n) is 14.8. The molecule has 4 nitrogen and oxygen atoms in total.